The standard InChI is InChI=1S/C19H15FN4OS/c20-14-12-13(6-7-16(14)24-11-3-10-21-24)22-18(25)8-9-19-23-15-4-1-2-5-17(15)26-19/h1-7,10-12H,8-9H2,(H,22,25). The largest absolute Gasteiger partial charge is 0.326 e. The smallest absolute Gasteiger partial charge is 0.224 e. The molecule has 0 aliphatic heterocycles. The number of hydrogen-bond donors (Lipinski definition) is 1. The quantitative estimate of drug-likeness (QED) is 0.576. The van der Waals surface area contributed by atoms with E-state index in [1.807, 2.05) is 24.3 Å². The number of nitrogens with one attached hydrogen (secondary N) is 1. The number of aromatic nitrogens is 3. The Hall–Kier alpha value is -3.06. The Bertz CT molecular complexity index is 1030. The van der Waals surface area contributed by atoms with Crippen molar-refractivity contribution < 1.29 is 9.18 Å². The van der Waals surface area contributed by atoms with Crippen molar-refractivity contribution in [1.82, 2.24) is 14.8 Å². The number of thiazole rings is 1. The summed E-state index contributed by atoms with van der Waals surface area (Å²) in [5, 5.41) is 7.65. The van der Waals surface area contributed by atoms with Crippen LogP contribution in [0.2, 0.25) is 0 Å². The monoisotopic (exact) mass is 366 g/mol. The Morgan fingerprint density at radius 2 is 2.08 bits per heavy atom. The molecule has 0 radical (unpaired) electrons. The highest BCUT2D eigenvalue weighted by Crippen LogP contribution is 2.23. The molecule has 4 rings (SSSR count). The fraction of sp³-hybridized carbons (Fsp3) is 0.105. The predicted octanol–water partition coefficient (Wildman–Crippen LogP) is 4.19. The zero-order valence-corrected chi connectivity index (χ0v) is 14.5. The summed E-state index contributed by atoms with van der Waals surface area (Å²) in [4.78, 5) is 16.7. The first-order valence-corrected chi connectivity index (χ1v) is 8.94. The van der Waals surface area contributed by atoms with Crippen LogP contribution in [0.5, 0.6) is 0 Å². The summed E-state index contributed by atoms with van der Waals surface area (Å²) in [5.74, 6) is -0.617. The number of benzene rings is 2. The maximum atomic E-state index is 14.2. The molecule has 0 fully saturated rings. The van der Waals surface area contributed by atoms with Crippen molar-refractivity contribution in [3.05, 3.63) is 71.7 Å². The third-order valence-electron chi connectivity index (χ3n) is 3.89. The molecule has 1 amide bonds. The van der Waals surface area contributed by atoms with Gasteiger partial charge in [-0.2, -0.15) is 5.10 Å². The molecule has 0 saturated heterocycles. The minimum absolute atomic E-state index is 0.171. The zero-order valence-electron chi connectivity index (χ0n) is 13.7. The lowest BCUT2D eigenvalue weighted by Crippen LogP contribution is -2.12. The number of rotatable bonds is 5. The van der Waals surface area contributed by atoms with E-state index in [-0.39, 0.29) is 5.91 Å². The molecule has 0 saturated carbocycles. The second kappa shape index (κ2) is 7.05. The summed E-state index contributed by atoms with van der Waals surface area (Å²) >= 11 is 1.59. The van der Waals surface area contributed by atoms with E-state index in [0.29, 0.717) is 24.2 Å². The van der Waals surface area contributed by atoms with Gasteiger partial charge >= 0.3 is 0 Å². The van der Waals surface area contributed by atoms with Gasteiger partial charge in [-0.25, -0.2) is 14.1 Å². The van der Waals surface area contributed by atoms with Crippen LogP contribution in [0, 0.1) is 5.82 Å². The molecule has 130 valence electrons. The summed E-state index contributed by atoms with van der Waals surface area (Å²) < 4.78 is 16.8. The Labute approximate surface area is 153 Å². The molecular formula is C19H15FN4OS. The van der Waals surface area contributed by atoms with Crippen molar-refractivity contribution in [2.45, 2.75) is 12.8 Å². The van der Waals surface area contributed by atoms with Crippen LogP contribution in [0.1, 0.15) is 11.4 Å². The number of carbonyl (C=O) groups excluding carboxylic acids is 1. The van der Waals surface area contributed by atoms with Gasteiger partial charge in [0.15, 0.2) is 5.82 Å². The molecule has 0 spiro atoms. The van der Waals surface area contributed by atoms with Gasteiger partial charge in [0.05, 0.1) is 15.2 Å². The molecule has 0 unspecified atom stereocenters. The number of halogens is 1. The van der Waals surface area contributed by atoms with Gasteiger partial charge in [0.2, 0.25) is 5.91 Å². The lowest BCUT2D eigenvalue weighted by Gasteiger charge is -2.08. The molecule has 7 heteroatoms. The van der Waals surface area contributed by atoms with Gasteiger partial charge in [0, 0.05) is 30.9 Å². The average Bonchev–Trinajstić information content (AvgIpc) is 3.29. The summed E-state index contributed by atoms with van der Waals surface area (Å²) in [6.45, 7) is 0. The van der Waals surface area contributed by atoms with Crippen LogP contribution >= 0.6 is 11.3 Å². The number of nitrogens with zero attached hydrogens (tertiary/aromatic N) is 3. The first kappa shape index (κ1) is 16.4. The van der Waals surface area contributed by atoms with E-state index in [2.05, 4.69) is 15.4 Å². The van der Waals surface area contributed by atoms with Gasteiger partial charge in [-0.1, -0.05) is 12.1 Å². The third kappa shape index (κ3) is 3.48. The predicted molar refractivity (Wildman–Crippen MR) is 100 cm³/mol. The number of amides is 1. The maximum Gasteiger partial charge on any atom is 0.224 e. The first-order chi connectivity index (χ1) is 12.7. The highest BCUT2D eigenvalue weighted by molar-refractivity contribution is 7.18. The van der Waals surface area contributed by atoms with E-state index in [4.69, 9.17) is 0 Å². The van der Waals surface area contributed by atoms with Crippen molar-refractivity contribution in [2.24, 2.45) is 0 Å². The number of anilines is 1. The normalized spacial score (nSPS) is 11.0. The Balaban J connectivity index is 1.39. The molecule has 0 bridgehead atoms. The number of carbonyl (C=O) groups is 1. The van der Waals surface area contributed by atoms with Crippen LogP contribution in [0.25, 0.3) is 15.9 Å². The number of aryl methyl sites for hydroxylation is 1. The molecule has 2 aromatic carbocycles. The Morgan fingerprint density at radius 1 is 1.19 bits per heavy atom. The molecule has 0 aliphatic carbocycles. The molecule has 0 aliphatic rings. The van der Waals surface area contributed by atoms with Gasteiger partial charge in [-0.15, -0.1) is 11.3 Å². The van der Waals surface area contributed by atoms with E-state index in [1.165, 1.54) is 10.7 Å². The lowest BCUT2D eigenvalue weighted by molar-refractivity contribution is -0.116. The summed E-state index contributed by atoms with van der Waals surface area (Å²) in [5.41, 5.74) is 1.71. The lowest BCUT2D eigenvalue weighted by atomic mass is 10.2. The zero-order chi connectivity index (χ0) is 17.9. The summed E-state index contributed by atoms with van der Waals surface area (Å²) in [6.07, 6.45) is 4.09. The van der Waals surface area contributed by atoms with E-state index in [0.717, 1.165) is 15.2 Å². The Morgan fingerprint density at radius 3 is 2.85 bits per heavy atom. The fourth-order valence-corrected chi connectivity index (χ4v) is 3.62. The molecule has 2 heterocycles. The summed E-state index contributed by atoms with van der Waals surface area (Å²) in [7, 11) is 0. The average molecular weight is 366 g/mol. The molecule has 4 aromatic rings. The highest BCUT2D eigenvalue weighted by atomic mass is 32.1. The fourth-order valence-electron chi connectivity index (χ4n) is 2.65. The number of hydrogen-bond acceptors (Lipinski definition) is 4. The van der Waals surface area contributed by atoms with Crippen LogP contribution in [-0.2, 0) is 11.2 Å². The van der Waals surface area contributed by atoms with Gasteiger partial charge in [-0.05, 0) is 36.4 Å². The van der Waals surface area contributed by atoms with Gasteiger partial charge < -0.3 is 5.32 Å². The minimum Gasteiger partial charge on any atom is -0.326 e. The molecule has 1 N–H and O–H groups in total. The highest BCUT2D eigenvalue weighted by Gasteiger charge is 2.10. The van der Waals surface area contributed by atoms with Crippen LogP contribution in [0.3, 0.4) is 0 Å². The summed E-state index contributed by atoms with van der Waals surface area (Å²) in [6, 6.07) is 14.2. The molecule has 5 nitrogen and oxygen atoms in total. The van der Waals surface area contributed by atoms with Crippen LogP contribution in [0.4, 0.5) is 10.1 Å². The molecule has 2 aromatic heterocycles. The SMILES string of the molecule is O=C(CCc1nc2ccccc2s1)Nc1ccc(-n2cccn2)c(F)c1. The van der Waals surface area contributed by atoms with Crippen molar-refractivity contribution in [3.8, 4) is 5.69 Å². The van der Waals surface area contributed by atoms with E-state index in [9.17, 15) is 9.18 Å². The molecule has 26 heavy (non-hydrogen) atoms. The molecule has 0 atom stereocenters. The van der Waals surface area contributed by atoms with Crippen LogP contribution in [0.15, 0.2) is 60.9 Å². The van der Waals surface area contributed by atoms with Crippen molar-refractivity contribution in [1.29, 1.82) is 0 Å². The van der Waals surface area contributed by atoms with E-state index >= 15 is 0 Å². The van der Waals surface area contributed by atoms with Crippen molar-refractivity contribution in [3.63, 3.8) is 0 Å². The molecular weight excluding hydrogens is 351 g/mol. The van der Waals surface area contributed by atoms with Gasteiger partial charge in [0.25, 0.3) is 0 Å². The van der Waals surface area contributed by atoms with Gasteiger partial charge in [0.1, 0.15) is 5.69 Å². The van der Waals surface area contributed by atoms with Gasteiger partial charge in [-0.3, -0.25) is 4.79 Å². The van der Waals surface area contributed by atoms with E-state index in [1.54, 1.807) is 41.9 Å². The second-order valence-corrected chi connectivity index (χ2v) is 6.86. The Kier molecular flexibility index (Phi) is 4.45. The van der Waals surface area contributed by atoms with Crippen LogP contribution < -0.4 is 5.32 Å². The second-order valence-electron chi connectivity index (χ2n) is 5.74. The van der Waals surface area contributed by atoms with E-state index < -0.39 is 5.82 Å². The number of fused-ring (bicyclic) bond motifs is 1. The topological polar surface area (TPSA) is 59.8 Å². The minimum atomic E-state index is -0.447. The van der Waals surface area contributed by atoms with Crippen molar-refractivity contribution >= 4 is 33.1 Å². The van der Waals surface area contributed by atoms with Crippen molar-refractivity contribution in [2.75, 3.05) is 5.32 Å². The number of para-hydroxylation sites is 1. The third-order valence-corrected chi connectivity index (χ3v) is 4.98. The maximum absolute atomic E-state index is 14.2. The first-order valence-electron chi connectivity index (χ1n) is 8.13. The van der Waals surface area contributed by atoms with Crippen LogP contribution in [-0.4, -0.2) is 20.7 Å².